The molecule has 0 aromatic heterocycles. The second-order valence-electron chi connectivity index (χ2n) is 6.17. The first-order chi connectivity index (χ1) is 12.0. The van der Waals surface area contributed by atoms with E-state index >= 15 is 0 Å². The van der Waals surface area contributed by atoms with Crippen LogP contribution in [0.15, 0.2) is 42.5 Å². The normalized spacial score (nSPS) is 17.0. The lowest BCUT2D eigenvalue weighted by Gasteiger charge is -2.18. The minimum atomic E-state index is -0.504. The molecule has 1 N–H and O–H groups in total. The van der Waals surface area contributed by atoms with Crippen molar-refractivity contribution < 1.29 is 14.0 Å². The lowest BCUT2D eigenvalue weighted by molar-refractivity contribution is -0.126. The van der Waals surface area contributed by atoms with E-state index in [2.05, 4.69) is 5.32 Å². The Balaban J connectivity index is 1.65. The zero-order valence-corrected chi connectivity index (χ0v) is 14.5. The number of nitrogens with zero attached hydrogens (tertiary/aromatic N) is 1. The van der Waals surface area contributed by atoms with Gasteiger partial charge >= 0.3 is 0 Å². The van der Waals surface area contributed by atoms with Crippen LogP contribution in [-0.2, 0) is 16.1 Å². The molecule has 1 aliphatic rings. The number of anilines is 1. The van der Waals surface area contributed by atoms with Crippen LogP contribution in [0.5, 0.6) is 0 Å². The number of halogens is 2. The number of carbonyl (C=O) groups is 2. The van der Waals surface area contributed by atoms with Crippen molar-refractivity contribution in [1.82, 2.24) is 5.32 Å². The first-order valence-corrected chi connectivity index (χ1v) is 8.41. The Kier molecular flexibility index (Phi) is 5.04. The molecule has 1 unspecified atom stereocenters. The molecule has 1 fully saturated rings. The molecule has 1 saturated heterocycles. The third kappa shape index (κ3) is 3.82. The number of benzene rings is 2. The predicted octanol–water partition coefficient (Wildman–Crippen LogP) is 3.46. The van der Waals surface area contributed by atoms with Crippen LogP contribution in [0.4, 0.5) is 10.1 Å². The van der Waals surface area contributed by atoms with Crippen molar-refractivity contribution in [3.63, 3.8) is 0 Å². The summed E-state index contributed by atoms with van der Waals surface area (Å²) in [4.78, 5) is 25.9. The molecule has 1 heterocycles. The molecule has 0 spiro atoms. The van der Waals surface area contributed by atoms with Crippen molar-refractivity contribution in [2.24, 2.45) is 5.92 Å². The number of carbonyl (C=O) groups excluding carboxylic acids is 2. The van der Waals surface area contributed by atoms with Crippen LogP contribution in [0, 0.1) is 18.7 Å². The van der Waals surface area contributed by atoms with Gasteiger partial charge in [-0.2, -0.15) is 0 Å². The van der Waals surface area contributed by atoms with Gasteiger partial charge in [0.05, 0.1) is 11.6 Å². The first kappa shape index (κ1) is 17.4. The van der Waals surface area contributed by atoms with Crippen molar-refractivity contribution in [2.75, 3.05) is 11.4 Å². The molecule has 0 saturated carbocycles. The summed E-state index contributed by atoms with van der Waals surface area (Å²) < 4.78 is 14.1. The van der Waals surface area contributed by atoms with Crippen LogP contribution >= 0.6 is 11.6 Å². The largest absolute Gasteiger partial charge is 0.352 e. The van der Waals surface area contributed by atoms with E-state index in [4.69, 9.17) is 11.6 Å². The van der Waals surface area contributed by atoms with Gasteiger partial charge in [0, 0.05) is 24.5 Å². The molecule has 1 aliphatic heterocycles. The molecule has 0 aliphatic carbocycles. The van der Waals surface area contributed by atoms with Crippen molar-refractivity contribution in [2.45, 2.75) is 19.9 Å². The summed E-state index contributed by atoms with van der Waals surface area (Å²) in [5, 5.41) is 3.38. The smallest absolute Gasteiger partial charge is 0.227 e. The number of aryl methyl sites for hydroxylation is 1. The highest BCUT2D eigenvalue weighted by Crippen LogP contribution is 2.28. The second kappa shape index (κ2) is 7.23. The second-order valence-corrected chi connectivity index (χ2v) is 6.58. The fourth-order valence-corrected chi connectivity index (χ4v) is 3.12. The Bertz CT molecular complexity index is 825. The minimum absolute atomic E-state index is 0.0711. The number of hydrogen-bond acceptors (Lipinski definition) is 2. The van der Waals surface area contributed by atoms with Crippen molar-refractivity contribution >= 4 is 29.1 Å². The molecule has 25 heavy (non-hydrogen) atoms. The fraction of sp³-hybridized carbons (Fsp3) is 0.263. The Hall–Kier alpha value is -2.40. The lowest BCUT2D eigenvalue weighted by Crippen LogP contribution is -2.32. The summed E-state index contributed by atoms with van der Waals surface area (Å²) in [5.41, 5.74) is 1.81. The highest BCUT2D eigenvalue weighted by Gasteiger charge is 2.36. The molecule has 0 radical (unpaired) electrons. The molecule has 130 valence electrons. The lowest BCUT2D eigenvalue weighted by atomic mass is 10.1. The van der Waals surface area contributed by atoms with Gasteiger partial charge in [0.15, 0.2) is 0 Å². The molecule has 3 rings (SSSR count). The third-order valence-electron chi connectivity index (χ3n) is 4.30. The summed E-state index contributed by atoms with van der Waals surface area (Å²) in [6, 6.07) is 11.9. The van der Waals surface area contributed by atoms with Gasteiger partial charge in [-0.25, -0.2) is 4.39 Å². The van der Waals surface area contributed by atoms with E-state index in [0.29, 0.717) is 11.6 Å². The standard InChI is InChI=1S/C19H18ClFN2O2/c1-12-6-7-17(16(21)8-12)23-11-14(9-18(23)24)19(25)22-10-13-4-2-3-5-15(13)20/h2-8,14H,9-11H2,1H3,(H,22,25). The van der Waals surface area contributed by atoms with E-state index in [1.165, 1.54) is 11.0 Å². The van der Waals surface area contributed by atoms with E-state index in [0.717, 1.165) is 11.1 Å². The van der Waals surface area contributed by atoms with Gasteiger partial charge in [-0.1, -0.05) is 35.9 Å². The molecular formula is C19H18ClFN2O2. The summed E-state index contributed by atoms with van der Waals surface area (Å²) in [6.45, 7) is 2.25. The summed E-state index contributed by atoms with van der Waals surface area (Å²) >= 11 is 6.07. The van der Waals surface area contributed by atoms with Crippen LogP contribution in [-0.4, -0.2) is 18.4 Å². The van der Waals surface area contributed by atoms with Crippen molar-refractivity contribution in [3.05, 3.63) is 64.4 Å². The van der Waals surface area contributed by atoms with Gasteiger partial charge < -0.3 is 10.2 Å². The number of hydrogen-bond donors (Lipinski definition) is 1. The Morgan fingerprint density at radius 1 is 1.32 bits per heavy atom. The van der Waals surface area contributed by atoms with E-state index in [-0.39, 0.29) is 30.5 Å². The molecular weight excluding hydrogens is 343 g/mol. The van der Waals surface area contributed by atoms with Crippen LogP contribution in [0.3, 0.4) is 0 Å². The van der Waals surface area contributed by atoms with Gasteiger partial charge in [-0.3, -0.25) is 9.59 Å². The van der Waals surface area contributed by atoms with Crippen LogP contribution in [0.25, 0.3) is 0 Å². The number of nitrogens with one attached hydrogen (secondary N) is 1. The third-order valence-corrected chi connectivity index (χ3v) is 4.67. The molecule has 1 atom stereocenters. The van der Waals surface area contributed by atoms with Gasteiger partial charge in [0.25, 0.3) is 0 Å². The van der Waals surface area contributed by atoms with E-state index in [1.807, 2.05) is 18.2 Å². The Labute approximate surface area is 150 Å². The van der Waals surface area contributed by atoms with Gasteiger partial charge in [-0.05, 0) is 36.2 Å². The zero-order valence-electron chi connectivity index (χ0n) is 13.8. The van der Waals surface area contributed by atoms with Gasteiger partial charge in [0.1, 0.15) is 5.82 Å². The average Bonchev–Trinajstić information content (AvgIpc) is 2.96. The van der Waals surface area contributed by atoms with Crippen LogP contribution < -0.4 is 10.2 Å². The topological polar surface area (TPSA) is 49.4 Å². The zero-order chi connectivity index (χ0) is 18.0. The quantitative estimate of drug-likeness (QED) is 0.907. The highest BCUT2D eigenvalue weighted by atomic mass is 35.5. The van der Waals surface area contributed by atoms with Gasteiger partial charge in [-0.15, -0.1) is 0 Å². The van der Waals surface area contributed by atoms with Crippen LogP contribution in [0.2, 0.25) is 5.02 Å². The van der Waals surface area contributed by atoms with Gasteiger partial charge in [0.2, 0.25) is 11.8 Å². The Morgan fingerprint density at radius 2 is 2.08 bits per heavy atom. The van der Waals surface area contributed by atoms with E-state index in [9.17, 15) is 14.0 Å². The van der Waals surface area contributed by atoms with Crippen LogP contribution in [0.1, 0.15) is 17.5 Å². The molecule has 4 nitrogen and oxygen atoms in total. The SMILES string of the molecule is Cc1ccc(N2CC(C(=O)NCc3ccccc3Cl)CC2=O)c(F)c1. The Morgan fingerprint density at radius 3 is 2.80 bits per heavy atom. The number of rotatable bonds is 4. The fourth-order valence-electron chi connectivity index (χ4n) is 2.92. The van der Waals surface area contributed by atoms with Crippen molar-refractivity contribution in [3.8, 4) is 0 Å². The summed E-state index contributed by atoms with van der Waals surface area (Å²) in [5.74, 6) is -1.44. The molecule has 2 aromatic rings. The minimum Gasteiger partial charge on any atom is -0.352 e. The predicted molar refractivity (Wildman–Crippen MR) is 94.9 cm³/mol. The number of amides is 2. The highest BCUT2D eigenvalue weighted by molar-refractivity contribution is 6.31. The molecule has 6 heteroatoms. The van der Waals surface area contributed by atoms with Crippen molar-refractivity contribution in [1.29, 1.82) is 0 Å². The molecule has 2 aromatic carbocycles. The molecule has 2 amide bonds. The maximum atomic E-state index is 14.1. The maximum Gasteiger partial charge on any atom is 0.227 e. The van der Waals surface area contributed by atoms with E-state index in [1.54, 1.807) is 25.1 Å². The summed E-state index contributed by atoms with van der Waals surface area (Å²) in [6.07, 6.45) is 0.0711. The monoisotopic (exact) mass is 360 g/mol. The first-order valence-electron chi connectivity index (χ1n) is 8.03. The maximum absolute atomic E-state index is 14.1. The molecule has 0 bridgehead atoms. The van der Waals surface area contributed by atoms with E-state index < -0.39 is 11.7 Å². The average molecular weight is 361 g/mol. The summed E-state index contributed by atoms with van der Waals surface area (Å²) in [7, 11) is 0.